The van der Waals surface area contributed by atoms with Crippen LogP contribution in [0.15, 0.2) is 30.3 Å². The van der Waals surface area contributed by atoms with E-state index in [9.17, 15) is 19.0 Å². The number of rotatable bonds is 4. The third kappa shape index (κ3) is 3.22. The Labute approximate surface area is 110 Å². The van der Waals surface area contributed by atoms with Gasteiger partial charge in [-0.05, 0) is 5.56 Å². The lowest BCUT2D eigenvalue weighted by Crippen LogP contribution is -2.62. The van der Waals surface area contributed by atoms with Gasteiger partial charge in [0.05, 0.1) is 13.0 Å². The number of β-lactam (4-membered cyclic amide) rings is 1. The van der Waals surface area contributed by atoms with Crippen molar-refractivity contribution in [3.05, 3.63) is 35.9 Å². The Kier molecular flexibility index (Phi) is 3.73. The summed E-state index contributed by atoms with van der Waals surface area (Å²) in [6.07, 6.45) is 0.188. The molecule has 2 N–H and O–H groups in total. The van der Waals surface area contributed by atoms with E-state index in [-0.39, 0.29) is 18.9 Å². The zero-order chi connectivity index (χ0) is 14.0. The number of amides is 2. The average Bonchev–Trinajstić information content (AvgIpc) is 2.33. The van der Waals surface area contributed by atoms with Crippen LogP contribution in [0.1, 0.15) is 5.56 Å². The lowest BCUT2D eigenvalue weighted by Gasteiger charge is -2.39. The predicted molar refractivity (Wildman–Crippen MR) is 69.5 cm³/mol. The molecular weight excluding hydrogens is 267 g/mol. The molecule has 7 heteroatoms. The summed E-state index contributed by atoms with van der Waals surface area (Å²) in [5, 5.41) is 2.55. The molecule has 1 aliphatic heterocycles. The predicted octanol–water partition coefficient (Wildman–Crippen LogP) is 0.371. The fourth-order valence-corrected chi connectivity index (χ4v) is 2.85. The van der Waals surface area contributed by atoms with Crippen LogP contribution in [0, 0.1) is 0 Å². The Hall–Kier alpha value is -1.65. The molecule has 1 unspecified atom stereocenters. The molecule has 6 nitrogen and oxygen atoms in total. The van der Waals surface area contributed by atoms with Gasteiger partial charge < -0.3 is 10.2 Å². The van der Waals surface area contributed by atoms with Gasteiger partial charge in [-0.1, -0.05) is 30.3 Å². The maximum atomic E-state index is 11.7. The monoisotopic (exact) mass is 282 g/mol. The number of hydrogen-bond donors (Lipinski definition) is 2. The van der Waals surface area contributed by atoms with E-state index in [1.807, 2.05) is 30.3 Å². The summed E-state index contributed by atoms with van der Waals surface area (Å²) in [5.41, 5.74) is 0.854. The fourth-order valence-electron chi connectivity index (χ4n) is 1.88. The molecule has 1 heterocycles. The van der Waals surface area contributed by atoms with Gasteiger partial charge in [-0.3, -0.25) is 18.8 Å². The van der Waals surface area contributed by atoms with Crippen LogP contribution in [0.2, 0.25) is 0 Å². The van der Waals surface area contributed by atoms with Crippen molar-refractivity contribution in [3.63, 3.8) is 0 Å². The topological polar surface area (TPSA) is 86.7 Å². The Morgan fingerprint density at radius 2 is 2.11 bits per heavy atom. The van der Waals surface area contributed by atoms with E-state index >= 15 is 0 Å². The summed E-state index contributed by atoms with van der Waals surface area (Å²) in [6.45, 7) is 1.19. The molecule has 2 rings (SSSR count). The molecule has 19 heavy (non-hydrogen) atoms. The second-order valence-electron chi connectivity index (χ2n) is 4.54. The zero-order valence-electron chi connectivity index (χ0n) is 10.4. The Morgan fingerprint density at radius 1 is 1.47 bits per heavy atom. The van der Waals surface area contributed by atoms with Crippen LogP contribution in [-0.4, -0.2) is 40.6 Å². The maximum absolute atomic E-state index is 11.7. The van der Waals surface area contributed by atoms with Gasteiger partial charge in [0.2, 0.25) is 5.91 Å². The smallest absolute Gasteiger partial charge is 0.293 e. The quantitative estimate of drug-likeness (QED) is 0.617. The van der Waals surface area contributed by atoms with Crippen molar-refractivity contribution in [2.45, 2.75) is 12.5 Å². The normalized spacial score (nSPS) is 21.5. The molecule has 1 aromatic carbocycles. The van der Waals surface area contributed by atoms with E-state index in [0.717, 1.165) is 16.9 Å². The van der Waals surface area contributed by atoms with Gasteiger partial charge >= 0.3 is 0 Å². The summed E-state index contributed by atoms with van der Waals surface area (Å²) in [5.74, 6) is -0.775. The minimum absolute atomic E-state index is 0.0869. The van der Waals surface area contributed by atoms with Gasteiger partial charge in [-0.25, -0.2) is 0 Å². The van der Waals surface area contributed by atoms with Gasteiger partial charge in [0.15, 0.2) is 0 Å². The number of carbonyl (C=O) groups excluding carboxylic acids is 2. The van der Waals surface area contributed by atoms with Crippen molar-refractivity contribution in [2.75, 3.05) is 13.2 Å². The van der Waals surface area contributed by atoms with Gasteiger partial charge in [-0.15, -0.1) is 0 Å². The maximum Gasteiger partial charge on any atom is 0.293 e. The molecule has 1 fully saturated rings. The second-order valence-corrected chi connectivity index (χ2v) is 6.69. The number of benzene rings is 1. The largest absolute Gasteiger partial charge is 0.342 e. The molecule has 1 aliphatic rings. The Bertz CT molecular complexity index is 540. The van der Waals surface area contributed by atoms with E-state index in [1.54, 1.807) is 0 Å². The Morgan fingerprint density at radius 3 is 2.63 bits per heavy atom. The summed E-state index contributed by atoms with van der Waals surface area (Å²) in [6, 6.07) is 8.48. The minimum Gasteiger partial charge on any atom is -0.342 e. The van der Waals surface area contributed by atoms with Gasteiger partial charge in [0.1, 0.15) is 6.04 Å². The number of hydrogen-bond acceptors (Lipinski definition) is 3. The van der Waals surface area contributed by atoms with E-state index in [2.05, 4.69) is 5.32 Å². The molecule has 1 aromatic rings. The molecule has 0 bridgehead atoms. The lowest BCUT2D eigenvalue weighted by molar-refractivity contribution is -0.140. The lowest BCUT2D eigenvalue weighted by atomic mass is 10.1. The highest BCUT2D eigenvalue weighted by Gasteiger charge is 2.44. The highest BCUT2D eigenvalue weighted by atomic mass is 31.2. The van der Waals surface area contributed by atoms with E-state index in [0.29, 0.717) is 0 Å². The standard InChI is InChI=1S/C12H15N2O4P/c1-19(17,18)14-8-10(12(14)16)13-11(15)7-9-5-3-2-4-6-9/h2-6,10H,7-8H2,1H3,(H,13,15)(H,17,18)/t10-/m0/s1. The van der Waals surface area contributed by atoms with Crippen molar-refractivity contribution in [1.82, 2.24) is 9.99 Å². The van der Waals surface area contributed by atoms with Crippen molar-refractivity contribution in [1.29, 1.82) is 0 Å². The SMILES string of the molecule is CP(=O)(O)N1C[C@H](NC(=O)Cc2ccccc2)C1=O. The van der Waals surface area contributed by atoms with Gasteiger partial charge in [0.25, 0.3) is 13.4 Å². The average molecular weight is 282 g/mol. The summed E-state index contributed by atoms with van der Waals surface area (Å²) >= 11 is 0. The molecule has 1 saturated heterocycles. The molecular formula is C12H15N2O4P. The fraction of sp³-hybridized carbons (Fsp3) is 0.333. The van der Waals surface area contributed by atoms with Crippen molar-refractivity contribution in [2.24, 2.45) is 0 Å². The molecule has 102 valence electrons. The highest BCUT2D eigenvalue weighted by Crippen LogP contribution is 2.44. The Balaban J connectivity index is 1.86. The summed E-state index contributed by atoms with van der Waals surface area (Å²) < 4.78 is 12.2. The molecule has 0 saturated carbocycles. The first-order chi connectivity index (χ1) is 8.88. The van der Waals surface area contributed by atoms with Crippen LogP contribution in [0.25, 0.3) is 0 Å². The van der Waals surface area contributed by atoms with Crippen LogP contribution >= 0.6 is 7.52 Å². The van der Waals surface area contributed by atoms with Crippen LogP contribution in [0.3, 0.4) is 0 Å². The van der Waals surface area contributed by atoms with Crippen molar-refractivity contribution in [3.8, 4) is 0 Å². The number of carbonyl (C=O) groups is 2. The number of nitrogens with one attached hydrogen (secondary N) is 1. The molecule has 0 radical (unpaired) electrons. The van der Waals surface area contributed by atoms with E-state index in [1.165, 1.54) is 0 Å². The van der Waals surface area contributed by atoms with Crippen LogP contribution < -0.4 is 5.32 Å². The number of nitrogens with zero attached hydrogens (tertiary/aromatic N) is 1. The van der Waals surface area contributed by atoms with Crippen LogP contribution in [-0.2, 0) is 20.6 Å². The third-order valence-corrected chi connectivity index (χ3v) is 4.15. The molecule has 2 amide bonds. The molecule has 0 spiro atoms. The summed E-state index contributed by atoms with van der Waals surface area (Å²) in [7, 11) is -3.54. The van der Waals surface area contributed by atoms with Crippen LogP contribution in [0.4, 0.5) is 0 Å². The molecule has 2 atom stereocenters. The van der Waals surface area contributed by atoms with Crippen LogP contribution in [0.5, 0.6) is 0 Å². The van der Waals surface area contributed by atoms with E-state index in [4.69, 9.17) is 0 Å². The van der Waals surface area contributed by atoms with Gasteiger partial charge in [0, 0.05) is 6.66 Å². The second kappa shape index (κ2) is 5.15. The molecule has 0 aliphatic carbocycles. The minimum atomic E-state index is -3.54. The van der Waals surface area contributed by atoms with Crippen molar-refractivity contribution >= 4 is 19.3 Å². The summed E-state index contributed by atoms with van der Waals surface area (Å²) in [4.78, 5) is 32.5. The van der Waals surface area contributed by atoms with E-state index < -0.39 is 19.5 Å². The molecule has 0 aromatic heterocycles. The first kappa shape index (κ1) is 13.8. The first-order valence-corrected chi connectivity index (χ1v) is 7.89. The zero-order valence-corrected chi connectivity index (χ0v) is 11.3. The highest BCUT2D eigenvalue weighted by molar-refractivity contribution is 7.55. The third-order valence-electron chi connectivity index (χ3n) is 2.90. The van der Waals surface area contributed by atoms with Gasteiger partial charge in [-0.2, -0.15) is 0 Å². The first-order valence-electron chi connectivity index (χ1n) is 5.83. The van der Waals surface area contributed by atoms with Crippen molar-refractivity contribution < 1.29 is 19.0 Å².